The van der Waals surface area contributed by atoms with Crippen molar-refractivity contribution in [3.8, 4) is 0 Å². The molecule has 1 aromatic carbocycles. The second kappa shape index (κ2) is 11.1. The van der Waals surface area contributed by atoms with Crippen molar-refractivity contribution >= 4 is 28.8 Å². The maximum Gasteiger partial charge on any atom is 0.239 e. The van der Waals surface area contributed by atoms with Gasteiger partial charge in [0.15, 0.2) is 0 Å². The largest absolute Gasteiger partial charge is 0.501 e. The molecule has 198 valence electrons. The van der Waals surface area contributed by atoms with Crippen LogP contribution in [0.1, 0.15) is 57.2 Å². The molecule has 3 aliphatic rings. The average Bonchev–Trinajstić information content (AvgIpc) is 3.46. The molecule has 5 rings (SSSR count). The summed E-state index contributed by atoms with van der Waals surface area (Å²) in [6, 6.07) is 7.95. The van der Waals surface area contributed by atoms with Crippen LogP contribution in [0.15, 0.2) is 36.2 Å². The first kappa shape index (κ1) is 25.5. The molecule has 3 N–H and O–H groups in total. The van der Waals surface area contributed by atoms with Gasteiger partial charge in [0, 0.05) is 55.7 Å². The van der Waals surface area contributed by atoms with Crippen LogP contribution in [0.5, 0.6) is 0 Å². The number of carbonyl (C=O) groups excluding carboxylic acids is 1. The molecule has 0 bridgehead atoms. The molecule has 2 fully saturated rings. The van der Waals surface area contributed by atoms with Crippen LogP contribution in [0.25, 0.3) is 5.57 Å². The first-order valence-electron chi connectivity index (χ1n) is 13.7. The van der Waals surface area contributed by atoms with Crippen LogP contribution in [0, 0.1) is 11.8 Å². The van der Waals surface area contributed by atoms with E-state index in [4.69, 9.17) is 15.5 Å². The SMILES string of the molecule is COC1=C(C2CCCC2)c2nc(Nc3ccc(N4CCN(C(=O)C(N)C(C)C)CC4)cc3)ncc2CC1. The average molecular weight is 505 g/mol. The zero-order chi connectivity index (χ0) is 25.9. The van der Waals surface area contributed by atoms with Gasteiger partial charge < -0.3 is 25.6 Å². The minimum atomic E-state index is -0.423. The predicted octanol–water partition coefficient (Wildman–Crippen LogP) is 4.35. The molecule has 1 aromatic heterocycles. The lowest BCUT2D eigenvalue weighted by atomic mass is 9.85. The lowest BCUT2D eigenvalue weighted by Crippen LogP contribution is -2.54. The summed E-state index contributed by atoms with van der Waals surface area (Å²) in [5.74, 6) is 2.46. The molecule has 0 spiro atoms. The van der Waals surface area contributed by atoms with Crippen molar-refractivity contribution in [3.63, 3.8) is 0 Å². The van der Waals surface area contributed by atoms with Crippen molar-refractivity contribution in [1.29, 1.82) is 0 Å². The summed E-state index contributed by atoms with van der Waals surface area (Å²) >= 11 is 0. The van der Waals surface area contributed by atoms with E-state index in [0.717, 1.165) is 48.8 Å². The van der Waals surface area contributed by atoms with E-state index in [9.17, 15) is 4.79 Å². The van der Waals surface area contributed by atoms with E-state index in [-0.39, 0.29) is 11.8 Å². The van der Waals surface area contributed by atoms with Crippen LogP contribution < -0.4 is 16.0 Å². The van der Waals surface area contributed by atoms with Crippen LogP contribution in [0.3, 0.4) is 0 Å². The summed E-state index contributed by atoms with van der Waals surface area (Å²) in [4.78, 5) is 26.4. The summed E-state index contributed by atoms with van der Waals surface area (Å²) in [7, 11) is 1.79. The number of nitrogens with one attached hydrogen (secondary N) is 1. The van der Waals surface area contributed by atoms with Gasteiger partial charge in [0.05, 0.1) is 18.8 Å². The van der Waals surface area contributed by atoms with E-state index in [1.807, 2.05) is 24.9 Å². The molecule has 1 atom stereocenters. The number of aromatic nitrogens is 2. The molecule has 2 aromatic rings. The molecule has 1 saturated carbocycles. The summed E-state index contributed by atoms with van der Waals surface area (Å²) in [5.41, 5.74) is 11.8. The predicted molar refractivity (Wildman–Crippen MR) is 148 cm³/mol. The highest BCUT2D eigenvalue weighted by Crippen LogP contribution is 2.42. The van der Waals surface area contributed by atoms with Gasteiger partial charge in [-0.3, -0.25) is 4.79 Å². The minimum absolute atomic E-state index is 0.0581. The van der Waals surface area contributed by atoms with Crippen LogP contribution >= 0.6 is 0 Å². The molecule has 2 aliphatic carbocycles. The van der Waals surface area contributed by atoms with Gasteiger partial charge in [0.25, 0.3) is 0 Å². The van der Waals surface area contributed by atoms with Crippen molar-refractivity contribution in [1.82, 2.24) is 14.9 Å². The van der Waals surface area contributed by atoms with Crippen molar-refractivity contribution in [2.75, 3.05) is 43.5 Å². The molecule has 2 heterocycles. The molecule has 1 unspecified atom stereocenters. The zero-order valence-corrected chi connectivity index (χ0v) is 22.4. The topological polar surface area (TPSA) is 96.6 Å². The summed E-state index contributed by atoms with van der Waals surface area (Å²) in [6.07, 6.45) is 8.81. The van der Waals surface area contributed by atoms with Crippen LogP contribution in [-0.4, -0.2) is 60.1 Å². The number of nitrogens with zero attached hydrogens (tertiary/aromatic N) is 4. The second-order valence-corrected chi connectivity index (χ2v) is 10.8. The maximum atomic E-state index is 12.6. The number of nitrogens with two attached hydrogens (primary N) is 1. The highest BCUT2D eigenvalue weighted by Gasteiger charge is 2.30. The highest BCUT2D eigenvalue weighted by atomic mass is 16.5. The Bertz CT molecular complexity index is 1130. The van der Waals surface area contributed by atoms with Gasteiger partial charge in [-0.05, 0) is 60.9 Å². The highest BCUT2D eigenvalue weighted by molar-refractivity contribution is 5.82. The lowest BCUT2D eigenvalue weighted by molar-refractivity contribution is -0.133. The molecule has 8 nitrogen and oxygen atoms in total. The summed E-state index contributed by atoms with van der Waals surface area (Å²) < 4.78 is 5.81. The number of piperazine rings is 1. The number of hydrogen-bond donors (Lipinski definition) is 2. The van der Waals surface area contributed by atoms with Gasteiger partial charge in [0.1, 0.15) is 5.76 Å². The third-order valence-electron chi connectivity index (χ3n) is 8.13. The number of ether oxygens (including phenoxy) is 1. The van der Waals surface area contributed by atoms with Crippen LogP contribution in [0.4, 0.5) is 17.3 Å². The fourth-order valence-corrected chi connectivity index (χ4v) is 5.81. The van der Waals surface area contributed by atoms with E-state index in [1.165, 1.54) is 36.8 Å². The Hall–Kier alpha value is -3.13. The number of amides is 1. The van der Waals surface area contributed by atoms with Crippen LogP contribution in [0.2, 0.25) is 0 Å². The molecule has 1 amide bonds. The smallest absolute Gasteiger partial charge is 0.239 e. The first-order chi connectivity index (χ1) is 17.9. The van der Waals surface area contributed by atoms with E-state index in [2.05, 4.69) is 39.5 Å². The fourth-order valence-electron chi connectivity index (χ4n) is 5.81. The van der Waals surface area contributed by atoms with Crippen molar-refractivity contribution in [3.05, 3.63) is 47.5 Å². The van der Waals surface area contributed by atoms with Crippen molar-refractivity contribution in [2.24, 2.45) is 17.6 Å². The van der Waals surface area contributed by atoms with Gasteiger partial charge in [-0.1, -0.05) is 26.7 Å². The van der Waals surface area contributed by atoms with Crippen LogP contribution in [-0.2, 0) is 16.0 Å². The van der Waals surface area contributed by atoms with Crippen molar-refractivity contribution in [2.45, 2.75) is 58.4 Å². The number of carbonyl (C=O) groups is 1. The molecule has 8 heteroatoms. The monoisotopic (exact) mass is 504 g/mol. The number of methoxy groups -OCH3 is 1. The quantitative estimate of drug-likeness (QED) is 0.579. The number of aryl methyl sites for hydroxylation is 1. The number of rotatable bonds is 7. The second-order valence-electron chi connectivity index (χ2n) is 10.8. The van der Waals surface area contributed by atoms with Gasteiger partial charge in [-0.2, -0.15) is 0 Å². The van der Waals surface area contributed by atoms with Gasteiger partial charge in [-0.25, -0.2) is 9.97 Å². The third kappa shape index (κ3) is 5.44. The summed E-state index contributed by atoms with van der Waals surface area (Å²) in [5, 5.41) is 3.40. The minimum Gasteiger partial charge on any atom is -0.501 e. The maximum absolute atomic E-state index is 12.6. The normalized spacial score (nSPS) is 19.3. The van der Waals surface area contributed by atoms with E-state index < -0.39 is 6.04 Å². The lowest BCUT2D eigenvalue weighted by Gasteiger charge is -2.37. The number of benzene rings is 1. The molecule has 1 saturated heterocycles. The number of hydrogen-bond acceptors (Lipinski definition) is 7. The zero-order valence-electron chi connectivity index (χ0n) is 22.4. The number of fused-ring (bicyclic) bond motifs is 1. The van der Waals surface area contributed by atoms with E-state index in [0.29, 0.717) is 25.0 Å². The Balaban J connectivity index is 1.25. The Morgan fingerprint density at radius 2 is 1.78 bits per heavy atom. The molecular formula is C29H40N6O2. The van der Waals surface area contributed by atoms with E-state index in [1.54, 1.807) is 7.11 Å². The van der Waals surface area contributed by atoms with Gasteiger partial charge in [-0.15, -0.1) is 0 Å². The molecule has 37 heavy (non-hydrogen) atoms. The van der Waals surface area contributed by atoms with E-state index >= 15 is 0 Å². The number of allylic oxidation sites excluding steroid dienone is 2. The molecule has 0 radical (unpaired) electrons. The van der Waals surface area contributed by atoms with Gasteiger partial charge in [0.2, 0.25) is 11.9 Å². The number of anilines is 3. The Kier molecular flexibility index (Phi) is 7.65. The Morgan fingerprint density at radius 3 is 2.43 bits per heavy atom. The molecular weight excluding hydrogens is 464 g/mol. The third-order valence-corrected chi connectivity index (χ3v) is 8.13. The molecule has 1 aliphatic heterocycles. The summed E-state index contributed by atoms with van der Waals surface area (Å²) in [6.45, 7) is 6.98. The first-order valence-corrected chi connectivity index (χ1v) is 13.7. The van der Waals surface area contributed by atoms with Crippen molar-refractivity contribution < 1.29 is 9.53 Å². The Labute approximate surface area is 220 Å². The Morgan fingerprint density at radius 1 is 1.08 bits per heavy atom. The van der Waals surface area contributed by atoms with Gasteiger partial charge >= 0.3 is 0 Å². The fraction of sp³-hybridized carbons (Fsp3) is 0.552. The standard InChI is InChI=1S/C29H40N6O2/c1-19(2)26(30)28(36)35-16-14-34(15-17-35)23-11-9-22(10-12-23)32-29-31-18-21-8-13-24(37-3)25(27(21)33-29)20-6-4-5-7-20/h9-12,18-20,26H,4-8,13-17,30H2,1-3H3,(H,31,32,33).